The van der Waals surface area contributed by atoms with Crippen LogP contribution in [-0.4, -0.2) is 20.0 Å². The van der Waals surface area contributed by atoms with Crippen LogP contribution in [0.4, 0.5) is 15.8 Å². The molecule has 0 bridgehead atoms. The maximum atomic E-state index is 13.1. The van der Waals surface area contributed by atoms with E-state index in [0.29, 0.717) is 0 Å². The first-order valence-corrected chi connectivity index (χ1v) is 9.27. The van der Waals surface area contributed by atoms with Gasteiger partial charge < -0.3 is 10.2 Å². The van der Waals surface area contributed by atoms with Gasteiger partial charge in [0.25, 0.3) is 0 Å². The number of rotatable bonds is 5. The Balaban J connectivity index is 1.89. The van der Waals surface area contributed by atoms with E-state index in [-0.39, 0.29) is 18.1 Å². The molecule has 1 N–H and O–H groups in total. The fraction of sp³-hybridized carbons (Fsp3) is 0.208. The van der Waals surface area contributed by atoms with E-state index in [1.807, 2.05) is 21.0 Å². The molecule has 4 heteroatoms. The van der Waals surface area contributed by atoms with Gasteiger partial charge in [0.05, 0.1) is 12.1 Å². The molecule has 3 aromatic rings. The van der Waals surface area contributed by atoms with Gasteiger partial charge in [-0.25, -0.2) is 4.39 Å². The molecule has 0 heterocycles. The third kappa shape index (κ3) is 4.58. The summed E-state index contributed by atoms with van der Waals surface area (Å²) in [5, 5.41) is 3.06. The lowest BCUT2D eigenvalue weighted by Gasteiger charge is -2.17. The molecule has 0 radical (unpaired) electrons. The van der Waals surface area contributed by atoms with Crippen molar-refractivity contribution in [2.24, 2.45) is 0 Å². The topological polar surface area (TPSA) is 32.3 Å². The summed E-state index contributed by atoms with van der Waals surface area (Å²) in [5.41, 5.74) is 6.91. The van der Waals surface area contributed by atoms with Crippen molar-refractivity contribution in [2.45, 2.75) is 20.3 Å². The van der Waals surface area contributed by atoms with Gasteiger partial charge in [-0.05, 0) is 60.9 Å². The van der Waals surface area contributed by atoms with Gasteiger partial charge >= 0.3 is 0 Å². The Hall–Kier alpha value is -3.14. The summed E-state index contributed by atoms with van der Waals surface area (Å²) in [7, 11) is 4.01. The highest BCUT2D eigenvalue weighted by molar-refractivity contribution is 5.97. The van der Waals surface area contributed by atoms with Gasteiger partial charge in [0.2, 0.25) is 5.91 Å². The first kappa shape index (κ1) is 19.6. The molecule has 3 rings (SSSR count). The minimum Gasteiger partial charge on any atom is -0.378 e. The Kier molecular flexibility index (Phi) is 5.78. The molecule has 0 saturated carbocycles. The lowest BCUT2D eigenvalue weighted by Crippen LogP contribution is -2.16. The molecule has 144 valence electrons. The van der Waals surface area contributed by atoms with Crippen LogP contribution in [-0.2, 0) is 11.2 Å². The maximum absolute atomic E-state index is 13.1. The van der Waals surface area contributed by atoms with Crippen molar-refractivity contribution in [3.8, 4) is 11.1 Å². The van der Waals surface area contributed by atoms with E-state index in [1.54, 1.807) is 12.1 Å². The van der Waals surface area contributed by atoms with E-state index in [9.17, 15) is 9.18 Å². The van der Waals surface area contributed by atoms with Gasteiger partial charge in [-0.3, -0.25) is 4.79 Å². The molecule has 0 spiro atoms. The van der Waals surface area contributed by atoms with Crippen LogP contribution in [0.15, 0.2) is 60.7 Å². The first-order valence-electron chi connectivity index (χ1n) is 9.27. The number of halogens is 1. The Bertz CT molecular complexity index is 977. The lowest BCUT2D eigenvalue weighted by atomic mass is 9.97. The smallest absolute Gasteiger partial charge is 0.228 e. The maximum Gasteiger partial charge on any atom is 0.228 e. The summed E-state index contributed by atoms with van der Waals surface area (Å²) in [5.74, 6) is -0.424. The quantitative estimate of drug-likeness (QED) is 0.650. The summed E-state index contributed by atoms with van der Waals surface area (Å²) in [6.45, 7) is 4.05. The number of aryl methyl sites for hydroxylation is 2. The van der Waals surface area contributed by atoms with E-state index < -0.39 is 0 Å². The highest BCUT2D eigenvalue weighted by atomic mass is 19.1. The average molecular weight is 376 g/mol. The average Bonchev–Trinajstić information content (AvgIpc) is 2.65. The number of amides is 1. The van der Waals surface area contributed by atoms with Crippen LogP contribution in [0.2, 0.25) is 0 Å². The fourth-order valence-corrected chi connectivity index (χ4v) is 3.27. The molecule has 3 nitrogen and oxygen atoms in total. The highest BCUT2D eigenvalue weighted by Gasteiger charge is 2.13. The molecular formula is C24H25FN2O. The molecule has 0 unspecified atom stereocenters. The molecule has 3 aromatic carbocycles. The molecule has 0 aliphatic heterocycles. The predicted molar refractivity (Wildman–Crippen MR) is 114 cm³/mol. The van der Waals surface area contributed by atoms with Crippen LogP contribution in [0, 0.1) is 19.7 Å². The van der Waals surface area contributed by atoms with Gasteiger partial charge in [0, 0.05) is 25.3 Å². The molecule has 0 fully saturated rings. The van der Waals surface area contributed by atoms with Crippen LogP contribution in [0.5, 0.6) is 0 Å². The Morgan fingerprint density at radius 3 is 2.21 bits per heavy atom. The molecule has 0 aliphatic rings. The Morgan fingerprint density at radius 2 is 1.61 bits per heavy atom. The summed E-state index contributed by atoms with van der Waals surface area (Å²) in [6.07, 6.45) is 0.201. The molecule has 1 amide bonds. The van der Waals surface area contributed by atoms with Crippen LogP contribution in [0.3, 0.4) is 0 Å². The van der Waals surface area contributed by atoms with E-state index in [0.717, 1.165) is 39.2 Å². The zero-order valence-electron chi connectivity index (χ0n) is 16.7. The minimum atomic E-state index is -0.304. The van der Waals surface area contributed by atoms with E-state index in [2.05, 4.69) is 53.5 Å². The van der Waals surface area contributed by atoms with Crippen molar-refractivity contribution in [1.29, 1.82) is 0 Å². The first-order chi connectivity index (χ1) is 13.3. The second kappa shape index (κ2) is 8.26. The highest BCUT2D eigenvalue weighted by Crippen LogP contribution is 2.33. The van der Waals surface area contributed by atoms with Crippen LogP contribution >= 0.6 is 0 Å². The zero-order chi connectivity index (χ0) is 20.3. The minimum absolute atomic E-state index is 0.121. The van der Waals surface area contributed by atoms with Crippen molar-refractivity contribution in [2.75, 3.05) is 24.3 Å². The second-order valence-corrected chi connectivity index (χ2v) is 7.30. The normalized spacial score (nSPS) is 10.6. The number of carbonyl (C=O) groups excluding carboxylic acids is 1. The molecule has 0 aromatic heterocycles. The monoisotopic (exact) mass is 376 g/mol. The zero-order valence-corrected chi connectivity index (χ0v) is 16.7. The molecule has 0 aliphatic carbocycles. The van der Waals surface area contributed by atoms with Gasteiger partial charge in [-0.15, -0.1) is 0 Å². The summed E-state index contributed by atoms with van der Waals surface area (Å²) >= 11 is 0. The number of nitrogens with zero attached hydrogens (tertiary/aromatic N) is 1. The standard InChI is InChI=1S/C24H25FN2O/c1-16-13-17(2)24(26-23(28)15-18-5-9-20(25)10-6-18)22(14-16)19-7-11-21(12-8-19)27(3)4/h5-14H,15H2,1-4H3,(H,26,28). The van der Waals surface area contributed by atoms with Gasteiger partial charge in [-0.2, -0.15) is 0 Å². The number of nitrogens with one attached hydrogen (secondary N) is 1. The van der Waals surface area contributed by atoms with Crippen molar-refractivity contribution < 1.29 is 9.18 Å². The molecular weight excluding hydrogens is 351 g/mol. The fourth-order valence-electron chi connectivity index (χ4n) is 3.27. The summed E-state index contributed by atoms with van der Waals surface area (Å²) in [4.78, 5) is 14.7. The van der Waals surface area contributed by atoms with Crippen LogP contribution in [0.1, 0.15) is 16.7 Å². The third-order valence-corrected chi connectivity index (χ3v) is 4.72. The Morgan fingerprint density at radius 1 is 0.964 bits per heavy atom. The van der Waals surface area contributed by atoms with Crippen molar-refractivity contribution >= 4 is 17.3 Å². The van der Waals surface area contributed by atoms with Crippen molar-refractivity contribution in [3.63, 3.8) is 0 Å². The van der Waals surface area contributed by atoms with E-state index in [1.165, 1.54) is 12.1 Å². The second-order valence-electron chi connectivity index (χ2n) is 7.30. The summed E-state index contributed by atoms with van der Waals surface area (Å²) < 4.78 is 13.1. The number of benzene rings is 3. The third-order valence-electron chi connectivity index (χ3n) is 4.72. The van der Waals surface area contributed by atoms with Crippen LogP contribution < -0.4 is 10.2 Å². The molecule has 0 saturated heterocycles. The molecule has 28 heavy (non-hydrogen) atoms. The van der Waals surface area contributed by atoms with Crippen molar-refractivity contribution in [3.05, 3.63) is 83.2 Å². The summed E-state index contributed by atoms with van der Waals surface area (Å²) in [6, 6.07) is 18.4. The van der Waals surface area contributed by atoms with E-state index >= 15 is 0 Å². The lowest BCUT2D eigenvalue weighted by molar-refractivity contribution is -0.115. The predicted octanol–water partition coefficient (Wildman–Crippen LogP) is 5.36. The number of anilines is 2. The van der Waals surface area contributed by atoms with E-state index in [4.69, 9.17) is 0 Å². The SMILES string of the molecule is Cc1cc(C)c(NC(=O)Cc2ccc(F)cc2)c(-c2ccc(N(C)C)cc2)c1. The van der Waals surface area contributed by atoms with Gasteiger partial charge in [0.15, 0.2) is 0 Å². The van der Waals surface area contributed by atoms with Gasteiger partial charge in [0.1, 0.15) is 5.82 Å². The number of carbonyl (C=O) groups is 1. The van der Waals surface area contributed by atoms with Gasteiger partial charge in [-0.1, -0.05) is 35.9 Å². The molecule has 0 atom stereocenters. The Labute approximate surface area is 165 Å². The van der Waals surface area contributed by atoms with Crippen LogP contribution in [0.25, 0.3) is 11.1 Å². The number of hydrogen-bond donors (Lipinski definition) is 1. The van der Waals surface area contributed by atoms with Crippen molar-refractivity contribution in [1.82, 2.24) is 0 Å². The largest absolute Gasteiger partial charge is 0.378 e. The number of hydrogen-bond acceptors (Lipinski definition) is 2.